The van der Waals surface area contributed by atoms with Gasteiger partial charge in [0.2, 0.25) is 5.89 Å². The van der Waals surface area contributed by atoms with Crippen LogP contribution in [-0.4, -0.2) is 47.5 Å². The molecule has 11 heteroatoms. The maximum atomic E-state index is 13.3. The summed E-state index contributed by atoms with van der Waals surface area (Å²) in [6.07, 6.45) is 15.5. The highest BCUT2D eigenvalue weighted by Crippen LogP contribution is 2.33. The molecule has 1 N–H and O–H groups in total. The Bertz CT molecular complexity index is 1230. The Kier molecular flexibility index (Phi) is 5.38. The number of imidazole rings is 1. The van der Waals surface area contributed by atoms with Crippen molar-refractivity contribution in [2.45, 2.75) is 18.9 Å². The second kappa shape index (κ2) is 8.63. The number of pyridine rings is 1. The summed E-state index contributed by atoms with van der Waals surface area (Å²) in [6, 6.07) is 3.26. The van der Waals surface area contributed by atoms with Crippen molar-refractivity contribution in [3.05, 3.63) is 84.3 Å². The molecule has 5 rings (SSSR count). The Hall–Kier alpha value is -3.99. The van der Waals surface area contributed by atoms with Crippen LogP contribution in [0, 0.1) is 0 Å². The van der Waals surface area contributed by atoms with Crippen LogP contribution < -0.4 is 0 Å². The van der Waals surface area contributed by atoms with Crippen molar-refractivity contribution in [1.29, 1.82) is 0 Å². The quantitative estimate of drug-likeness (QED) is 0.636. The molecule has 32 heavy (non-hydrogen) atoms. The zero-order chi connectivity index (χ0) is 21.9. The summed E-state index contributed by atoms with van der Waals surface area (Å²) < 4.78 is 9.51. The Labute approximate surface area is 188 Å². The van der Waals surface area contributed by atoms with E-state index in [-0.39, 0.29) is 23.7 Å². The van der Waals surface area contributed by atoms with Crippen molar-refractivity contribution >= 4 is 18.3 Å². The van der Waals surface area contributed by atoms with Gasteiger partial charge in [0.05, 0.1) is 41.7 Å². The van der Waals surface area contributed by atoms with Gasteiger partial charge in [-0.15, -0.1) is 10.2 Å². The maximum absolute atomic E-state index is 13.3. The van der Waals surface area contributed by atoms with Crippen molar-refractivity contribution in [3.8, 4) is 11.5 Å². The fourth-order valence-corrected chi connectivity index (χ4v) is 3.94. The van der Waals surface area contributed by atoms with Gasteiger partial charge >= 0.3 is 11.8 Å². The van der Waals surface area contributed by atoms with E-state index in [9.17, 15) is 4.79 Å². The first-order chi connectivity index (χ1) is 15.7. The van der Waals surface area contributed by atoms with E-state index < -0.39 is 0 Å². The minimum atomic E-state index is -0.339. The number of nitrogens with zero attached hydrogens (tertiary/aromatic N) is 7. The first kappa shape index (κ1) is 19.9. The Morgan fingerprint density at radius 3 is 3.16 bits per heavy atom. The molecule has 0 saturated carbocycles. The Morgan fingerprint density at radius 2 is 2.31 bits per heavy atom. The summed E-state index contributed by atoms with van der Waals surface area (Å²) in [6.45, 7) is 0.497. The molecule has 0 saturated heterocycles. The van der Waals surface area contributed by atoms with Crippen molar-refractivity contribution in [3.63, 3.8) is 0 Å². The molecule has 1 amide bonds. The second-order valence-corrected chi connectivity index (χ2v) is 7.34. The first-order valence-corrected chi connectivity index (χ1v) is 10.4. The van der Waals surface area contributed by atoms with Crippen LogP contribution >= 0.6 is 0 Å². The minimum absolute atomic E-state index is 0.0665. The third-order valence-electron chi connectivity index (χ3n) is 5.33. The van der Waals surface area contributed by atoms with E-state index in [4.69, 9.17) is 16.8 Å². The van der Waals surface area contributed by atoms with E-state index in [1.807, 2.05) is 24.3 Å². The molecular weight excluding hydrogens is 428 g/mol. The summed E-state index contributed by atoms with van der Waals surface area (Å²) in [5.41, 5.74) is 3.32. The molecule has 2 aliphatic heterocycles. The molecule has 160 valence electrons. The fraction of sp³-hybridized carbons (Fsp3) is 0.190. The SMILES string of the molecule is O=C(c1nnc(-c2cccnc2)o1)N1CCc2[nH]cnc2[C@@H]1C/C=C1/C=CC=CN1N=S. The minimum Gasteiger partial charge on any atom is -0.412 e. The topological polar surface area (TPSA) is 116 Å². The lowest BCUT2D eigenvalue weighted by atomic mass is 9.99. The fourth-order valence-electron chi connectivity index (χ4n) is 3.79. The third kappa shape index (κ3) is 3.73. The molecule has 10 nitrogen and oxygen atoms in total. The number of H-pyrrole nitrogens is 1. The van der Waals surface area contributed by atoms with Crippen LogP contribution in [0.2, 0.25) is 0 Å². The number of carbonyl (C=O) groups is 1. The lowest BCUT2D eigenvalue weighted by molar-refractivity contribution is 0.0616. The highest BCUT2D eigenvalue weighted by Gasteiger charge is 2.35. The number of carbonyl (C=O) groups excluding carboxylic acids is 1. The highest BCUT2D eigenvalue weighted by molar-refractivity contribution is 7.47. The molecule has 0 aliphatic carbocycles. The number of aromatic nitrogens is 5. The largest absolute Gasteiger partial charge is 0.412 e. The van der Waals surface area contributed by atoms with Crippen LogP contribution in [0.3, 0.4) is 0 Å². The van der Waals surface area contributed by atoms with E-state index in [0.29, 0.717) is 24.9 Å². The van der Waals surface area contributed by atoms with Gasteiger partial charge in [0, 0.05) is 37.3 Å². The van der Waals surface area contributed by atoms with Gasteiger partial charge in [0.25, 0.3) is 0 Å². The Morgan fingerprint density at radius 1 is 1.38 bits per heavy atom. The number of aromatic amines is 1. The number of nitrogens with one attached hydrogen (secondary N) is 1. The number of rotatable bonds is 5. The molecule has 3 aromatic heterocycles. The van der Waals surface area contributed by atoms with Gasteiger partial charge in [-0.05, 0) is 30.7 Å². The summed E-state index contributed by atoms with van der Waals surface area (Å²) in [4.78, 5) is 26.8. The summed E-state index contributed by atoms with van der Waals surface area (Å²) >= 11 is 4.85. The predicted molar refractivity (Wildman–Crippen MR) is 116 cm³/mol. The molecule has 2 aliphatic rings. The lowest BCUT2D eigenvalue weighted by Crippen LogP contribution is -2.40. The van der Waals surface area contributed by atoms with E-state index in [0.717, 1.165) is 17.1 Å². The van der Waals surface area contributed by atoms with Gasteiger partial charge in [-0.1, -0.05) is 16.6 Å². The second-order valence-electron chi connectivity index (χ2n) is 7.18. The molecule has 0 aromatic carbocycles. The van der Waals surface area contributed by atoms with Crippen LogP contribution in [0.4, 0.5) is 0 Å². The van der Waals surface area contributed by atoms with E-state index in [1.54, 1.807) is 47.0 Å². The number of allylic oxidation sites excluding steroid dienone is 3. The molecule has 0 unspecified atom stereocenters. The van der Waals surface area contributed by atoms with E-state index in [2.05, 4.69) is 29.6 Å². The average Bonchev–Trinajstić information content (AvgIpc) is 3.53. The van der Waals surface area contributed by atoms with E-state index in [1.165, 1.54) is 0 Å². The number of hydrogen-bond acceptors (Lipinski definition) is 8. The van der Waals surface area contributed by atoms with Crippen LogP contribution in [0.25, 0.3) is 11.5 Å². The number of hydrogen-bond donors (Lipinski definition) is 1. The Balaban J connectivity index is 1.43. The van der Waals surface area contributed by atoms with Crippen LogP contribution in [0.15, 0.2) is 75.9 Å². The summed E-state index contributed by atoms with van der Waals surface area (Å²) in [5.74, 6) is -0.156. The molecule has 3 aromatic rings. The van der Waals surface area contributed by atoms with Gasteiger partial charge in [-0.2, -0.15) is 0 Å². The van der Waals surface area contributed by atoms with Gasteiger partial charge in [0.15, 0.2) is 0 Å². The van der Waals surface area contributed by atoms with Crippen molar-refractivity contribution in [1.82, 2.24) is 35.1 Å². The van der Waals surface area contributed by atoms with Gasteiger partial charge in [0.1, 0.15) is 0 Å². The van der Waals surface area contributed by atoms with Crippen molar-refractivity contribution < 1.29 is 9.21 Å². The highest BCUT2D eigenvalue weighted by atomic mass is 32.1. The molecule has 0 bridgehead atoms. The monoisotopic (exact) mass is 446 g/mol. The molecule has 5 heterocycles. The zero-order valence-corrected chi connectivity index (χ0v) is 17.6. The third-order valence-corrected chi connectivity index (χ3v) is 5.51. The van der Waals surface area contributed by atoms with Crippen LogP contribution in [0.1, 0.15) is 34.5 Å². The van der Waals surface area contributed by atoms with Crippen molar-refractivity contribution in [2.75, 3.05) is 6.54 Å². The predicted octanol–water partition coefficient (Wildman–Crippen LogP) is 2.90. The summed E-state index contributed by atoms with van der Waals surface area (Å²) in [5, 5.41) is 9.61. The maximum Gasteiger partial charge on any atom is 0.312 e. The lowest BCUT2D eigenvalue weighted by Gasteiger charge is -2.33. The average molecular weight is 446 g/mol. The molecule has 0 fully saturated rings. The van der Waals surface area contributed by atoms with E-state index >= 15 is 0 Å². The smallest absolute Gasteiger partial charge is 0.312 e. The molecule has 0 radical (unpaired) electrons. The number of fused-ring (bicyclic) bond motifs is 1. The molecular formula is C21H18N8O2S. The number of amides is 1. The zero-order valence-electron chi connectivity index (χ0n) is 16.8. The van der Waals surface area contributed by atoms with Crippen LogP contribution in [0.5, 0.6) is 0 Å². The van der Waals surface area contributed by atoms with Gasteiger partial charge in [-0.25, -0.2) is 9.99 Å². The first-order valence-electron chi connectivity index (χ1n) is 9.99. The van der Waals surface area contributed by atoms with Crippen LogP contribution in [-0.2, 0) is 18.8 Å². The van der Waals surface area contributed by atoms with Gasteiger partial charge in [-0.3, -0.25) is 9.78 Å². The normalized spacial score (nSPS) is 18.8. The molecule has 0 spiro atoms. The van der Waals surface area contributed by atoms with Crippen molar-refractivity contribution in [2.24, 2.45) is 4.47 Å². The standard InChI is InChI=1S/C21H18N8O2S/c30-21(20-26-25-19(31-20)14-4-3-9-22-12-14)28-11-8-16-18(24-13-23-16)17(28)7-6-15-5-1-2-10-29(15)27-32/h1-6,9-10,12-13,17H,7-8,11H2,(H,23,24)/b15-6-/t17-/m0/s1. The van der Waals surface area contributed by atoms with Gasteiger partial charge < -0.3 is 14.3 Å². The summed E-state index contributed by atoms with van der Waals surface area (Å²) in [7, 11) is 0. The molecule has 1 atom stereocenters.